The van der Waals surface area contributed by atoms with Gasteiger partial charge in [-0.25, -0.2) is 0 Å². The summed E-state index contributed by atoms with van der Waals surface area (Å²) in [4.78, 5) is 12.6. The van der Waals surface area contributed by atoms with Gasteiger partial charge in [0.05, 0.1) is 13.7 Å². The number of benzene rings is 2. The first-order valence-electron chi connectivity index (χ1n) is 6.56. The zero-order chi connectivity index (χ0) is 14.2. The van der Waals surface area contributed by atoms with Gasteiger partial charge in [0.25, 0.3) is 0 Å². The molecule has 0 aromatic heterocycles. The first-order chi connectivity index (χ1) is 9.64. The van der Waals surface area contributed by atoms with E-state index in [1.54, 1.807) is 7.11 Å². The molecule has 0 bridgehead atoms. The lowest BCUT2D eigenvalue weighted by Gasteiger charge is -2.13. The van der Waals surface area contributed by atoms with Crippen molar-refractivity contribution in [3.63, 3.8) is 0 Å². The van der Waals surface area contributed by atoms with Gasteiger partial charge in [-0.3, -0.25) is 4.79 Å². The van der Waals surface area contributed by atoms with Crippen LogP contribution in [0, 0.1) is 0 Å². The molecule has 2 aromatic rings. The van der Waals surface area contributed by atoms with Crippen LogP contribution in [0.2, 0.25) is 0 Å². The third kappa shape index (κ3) is 2.21. The minimum atomic E-state index is -0.367. The summed E-state index contributed by atoms with van der Waals surface area (Å²) in [5.41, 5.74) is 1.89. The largest absolute Gasteiger partial charge is 0.497 e. The van der Waals surface area contributed by atoms with E-state index >= 15 is 0 Å². The van der Waals surface area contributed by atoms with Crippen LogP contribution in [0.5, 0.6) is 5.75 Å². The highest BCUT2D eigenvalue weighted by molar-refractivity contribution is 6.10. The molecule has 1 atom stereocenters. The van der Waals surface area contributed by atoms with Crippen LogP contribution in [0.4, 0.5) is 0 Å². The van der Waals surface area contributed by atoms with Crippen molar-refractivity contribution in [3.8, 4) is 5.75 Å². The average Bonchev–Trinajstić information content (AvgIpc) is 3.26. The smallest absolute Gasteiger partial charge is 0.193 e. The quantitative estimate of drug-likeness (QED) is 0.631. The Labute approximate surface area is 118 Å². The lowest BCUT2D eigenvalue weighted by atomic mass is 9.91. The number of hydrogen-bond donors (Lipinski definition) is 0. The number of rotatable bonds is 4. The molecular formula is C17H16O3. The van der Waals surface area contributed by atoms with E-state index in [0.29, 0.717) is 17.7 Å². The maximum atomic E-state index is 12.6. The summed E-state index contributed by atoms with van der Waals surface area (Å²) >= 11 is 0. The molecule has 3 nitrogen and oxygen atoms in total. The molecule has 2 aromatic carbocycles. The van der Waals surface area contributed by atoms with Gasteiger partial charge in [0.1, 0.15) is 11.4 Å². The summed E-state index contributed by atoms with van der Waals surface area (Å²) in [6.45, 7) is 2.62. The van der Waals surface area contributed by atoms with E-state index in [1.807, 2.05) is 55.5 Å². The molecule has 20 heavy (non-hydrogen) atoms. The van der Waals surface area contributed by atoms with Gasteiger partial charge in [-0.1, -0.05) is 30.3 Å². The van der Waals surface area contributed by atoms with Gasteiger partial charge in [0.15, 0.2) is 5.78 Å². The Balaban J connectivity index is 2.07. The van der Waals surface area contributed by atoms with Crippen molar-refractivity contribution in [1.82, 2.24) is 0 Å². The van der Waals surface area contributed by atoms with Crippen molar-refractivity contribution in [2.24, 2.45) is 0 Å². The van der Waals surface area contributed by atoms with Crippen LogP contribution in [-0.2, 0) is 10.3 Å². The fraction of sp³-hybridized carbons (Fsp3) is 0.235. The third-order valence-corrected chi connectivity index (χ3v) is 3.65. The van der Waals surface area contributed by atoms with Crippen molar-refractivity contribution < 1.29 is 14.3 Å². The second-order valence-corrected chi connectivity index (χ2v) is 5.13. The molecule has 1 aliphatic heterocycles. The fourth-order valence-electron chi connectivity index (χ4n) is 2.29. The maximum absolute atomic E-state index is 12.6. The summed E-state index contributed by atoms with van der Waals surface area (Å²) in [5.74, 6) is 0.751. The Kier molecular flexibility index (Phi) is 3.07. The molecule has 0 spiro atoms. The topological polar surface area (TPSA) is 38.8 Å². The molecule has 0 amide bonds. The highest BCUT2D eigenvalue weighted by atomic mass is 16.6. The lowest BCUT2D eigenvalue weighted by Crippen LogP contribution is -2.12. The number of methoxy groups -OCH3 is 1. The van der Waals surface area contributed by atoms with E-state index in [9.17, 15) is 4.79 Å². The monoisotopic (exact) mass is 268 g/mol. The van der Waals surface area contributed by atoms with Crippen molar-refractivity contribution in [3.05, 3.63) is 65.2 Å². The molecule has 1 unspecified atom stereocenters. The van der Waals surface area contributed by atoms with Crippen LogP contribution >= 0.6 is 0 Å². The number of epoxide rings is 1. The number of carbonyl (C=O) groups excluding carboxylic acids is 1. The molecule has 0 radical (unpaired) electrons. The van der Waals surface area contributed by atoms with Gasteiger partial charge in [-0.2, -0.15) is 0 Å². The average molecular weight is 268 g/mol. The molecule has 3 heteroatoms. The highest BCUT2D eigenvalue weighted by Crippen LogP contribution is 2.41. The summed E-state index contributed by atoms with van der Waals surface area (Å²) in [6.07, 6.45) is 0. The molecule has 102 valence electrons. The van der Waals surface area contributed by atoms with Gasteiger partial charge in [-0.15, -0.1) is 0 Å². The number of ketones is 1. The maximum Gasteiger partial charge on any atom is 0.193 e. The molecule has 0 saturated carbocycles. The molecule has 1 fully saturated rings. The first kappa shape index (κ1) is 12.9. The normalized spacial score (nSPS) is 20.5. The lowest BCUT2D eigenvalue weighted by molar-refractivity contribution is 0.103. The molecule has 1 aliphatic rings. The molecular weight excluding hydrogens is 252 g/mol. The first-order valence-corrected chi connectivity index (χ1v) is 6.56. The van der Waals surface area contributed by atoms with Crippen molar-refractivity contribution >= 4 is 5.78 Å². The Morgan fingerprint density at radius 3 is 2.50 bits per heavy atom. The second kappa shape index (κ2) is 4.76. The molecule has 1 heterocycles. The minimum absolute atomic E-state index is 0.0139. The zero-order valence-corrected chi connectivity index (χ0v) is 11.6. The Bertz CT molecular complexity index is 643. The number of hydrogen-bond acceptors (Lipinski definition) is 3. The SMILES string of the molecule is COc1ccc(C(=O)c2ccccc2)c(C2(C)CO2)c1. The number of ether oxygens (including phenoxy) is 2. The van der Waals surface area contributed by atoms with Crippen LogP contribution in [0.1, 0.15) is 28.4 Å². The van der Waals surface area contributed by atoms with Gasteiger partial charge in [-0.05, 0) is 25.1 Å². The van der Waals surface area contributed by atoms with Crippen molar-refractivity contribution in [1.29, 1.82) is 0 Å². The van der Waals surface area contributed by atoms with Crippen LogP contribution in [0.15, 0.2) is 48.5 Å². The standard InChI is InChI=1S/C17H16O3/c1-17(11-20-17)15-10-13(19-2)8-9-14(15)16(18)12-6-4-3-5-7-12/h3-10H,11H2,1-2H3. The van der Waals surface area contributed by atoms with Crippen LogP contribution in [0.25, 0.3) is 0 Å². The van der Waals surface area contributed by atoms with Crippen molar-refractivity contribution in [2.75, 3.05) is 13.7 Å². The van der Waals surface area contributed by atoms with Crippen LogP contribution in [0.3, 0.4) is 0 Å². The van der Waals surface area contributed by atoms with Crippen LogP contribution in [-0.4, -0.2) is 19.5 Å². The summed E-state index contributed by atoms with van der Waals surface area (Å²) in [5, 5.41) is 0. The second-order valence-electron chi connectivity index (χ2n) is 5.13. The third-order valence-electron chi connectivity index (χ3n) is 3.65. The van der Waals surface area contributed by atoms with E-state index < -0.39 is 0 Å². The summed E-state index contributed by atoms with van der Waals surface area (Å²) in [6, 6.07) is 14.8. The van der Waals surface area contributed by atoms with Gasteiger partial charge in [0, 0.05) is 16.7 Å². The summed E-state index contributed by atoms with van der Waals surface area (Å²) in [7, 11) is 1.62. The number of carbonyl (C=O) groups is 1. The predicted molar refractivity (Wildman–Crippen MR) is 76.2 cm³/mol. The van der Waals surface area contributed by atoms with Gasteiger partial charge in [0.2, 0.25) is 0 Å². The molecule has 3 rings (SSSR count). The summed E-state index contributed by atoms with van der Waals surface area (Å²) < 4.78 is 10.8. The molecule has 0 N–H and O–H groups in total. The van der Waals surface area contributed by atoms with Crippen LogP contribution < -0.4 is 4.74 Å². The highest BCUT2D eigenvalue weighted by Gasteiger charge is 2.43. The van der Waals surface area contributed by atoms with E-state index in [1.165, 1.54) is 0 Å². The Morgan fingerprint density at radius 1 is 1.20 bits per heavy atom. The van der Waals surface area contributed by atoms with E-state index in [4.69, 9.17) is 9.47 Å². The van der Waals surface area contributed by atoms with E-state index in [-0.39, 0.29) is 11.4 Å². The predicted octanol–water partition coefficient (Wildman–Crippen LogP) is 3.17. The molecule has 0 aliphatic carbocycles. The van der Waals surface area contributed by atoms with E-state index in [2.05, 4.69) is 0 Å². The Hall–Kier alpha value is -2.13. The fourth-order valence-corrected chi connectivity index (χ4v) is 2.29. The van der Waals surface area contributed by atoms with Gasteiger partial charge < -0.3 is 9.47 Å². The van der Waals surface area contributed by atoms with Crippen molar-refractivity contribution in [2.45, 2.75) is 12.5 Å². The van der Waals surface area contributed by atoms with E-state index in [0.717, 1.165) is 11.3 Å². The minimum Gasteiger partial charge on any atom is -0.497 e. The molecule has 1 saturated heterocycles. The zero-order valence-electron chi connectivity index (χ0n) is 11.6. The van der Waals surface area contributed by atoms with Gasteiger partial charge >= 0.3 is 0 Å². The Morgan fingerprint density at radius 2 is 1.90 bits per heavy atom.